The molecule has 0 radical (unpaired) electrons. The van der Waals surface area contributed by atoms with Gasteiger partial charge in [-0.05, 0) is 37.1 Å². The smallest absolute Gasteiger partial charge is 0.231 e. The Morgan fingerprint density at radius 3 is 3.00 bits per heavy atom. The van der Waals surface area contributed by atoms with Crippen LogP contribution in [-0.2, 0) is 0 Å². The zero-order valence-corrected chi connectivity index (χ0v) is 10.7. The normalized spacial score (nSPS) is 24.0. The van der Waals surface area contributed by atoms with Crippen molar-refractivity contribution >= 4 is 11.6 Å². The van der Waals surface area contributed by atoms with Gasteiger partial charge in [0.05, 0.1) is 11.1 Å². The van der Waals surface area contributed by atoms with E-state index in [0.29, 0.717) is 16.5 Å². The standard InChI is InChI=1S/C13H16ClNO3/c14-9-5-8(6-11-13(9)18-7-17-11)12(16)10-3-1-2-4-15-10/h5-6,10,12,15-16H,1-4,7H2. The molecule has 4 nitrogen and oxygen atoms in total. The molecule has 2 unspecified atom stereocenters. The summed E-state index contributed by atoms with van der Waals surface area (Å²) in [5, 5.41) is 14.2. The number of aliphatic hydroxyl groups excluding tert-OH is 1. The number of hydrogen-bond donors (Lipinski definition) is 2. The summed E-state index contributed by atoms with van der Waals surface area (Å²) in [6, 6.07) is 3.67. The Balaban J connectivity index is 1.85. The quantitative estimate of drug-likeness (QED) is 0.865. The molecule has 3 rings (SSSR count). The van der Waals surface area contributed by atoms with Gasteiger partial charge in [-0.2, -0.15) is 0 Å². The summed E-state index contributed by atoms with van der Waals surface area (Å²) in [5.74, 6) is 1.19. The van der Waals surface area contributed by atoms with Crippen LogP contribution in [0.1, 0.15) is 30.9 Å². The second-order valence-electron chi connectivity index (χ2n) is 4.74. The molecule has 2 heterocycles. The van der Waals surface area contributed by atoms with Gasteiger partial charge in [-0.3, -0.25) is 0 Å². The predicted octanol–water partition coefficient (Wildman–Crippen LogP) is 2.24. The highest BCUT2D eigenvalue weighted by Gasteiger charge is 2.26. The van der Waals surface area contributed by atoms with Crippen LogP contribution < -0.4 is 14.8 Å². The molecule has 98 valence electrons. The fraction of sp³-hybridized carbons (Fsp3) is 0.538. The monoisotopic (exact) mass is 269 g/mol. The van der Waals surface area contributed by atoms with Crippen molar-refractivity contribution in [2.75, 3.05) is 13.3 Å². The fourth-order valence-electron chi connectivity index (χ4n) is 2.54. The minimum atomic E-state index is -0.558. The summed E-state index contributed by atoms with van der Waals surface area (Å²) in [7, 11) is 0. The van der Waals surface area contributed by atoms with Crippen molar-refractivity contribution in [3.8, 4) is 11.5 Å². The average Bonchev–Trinajstić information content (AvgIpc) is 2.88. The molecule has 1 saturated heterocycles. The SMILES string of the molecule is OC(c1cc(Cl)c2c(c1)OCO2)C1CCCCN1. The van der Waals surface area contributed by atoms with Gasteiger partial charge < -0.3 is 19.9 Å². The molecular formula is C13H16ClNO3. The van der Waals surface area contributed by atoms with Crippen molar-refractivity contribution in [1.82, 2.24) is 5.32 Å². The molecule has 2 aliphatic rings. The second kappa shape index (κ2) is 4.96. The lowest BCUT2D eigenvalue weighted by molar-refractivity contribution is 0.113. The maximum absolute atomic E-state index is 10.4. The van der Waals surface area contributed by atoms with Crippen LogP contribution in [0.2, 0.25) is 5.02 Å². The van der Waals surface area contributed by atoms with Gasteiger partial charge in [-0.1, -0.05) is 18.0 Å². The molecule has 0 aliphatic carbocycles. The first-order valence-electron chi connectivity index (χ1n) is 6.26. The van der Waals surface area contributed by atoms with Gasteiger partial charge >= 0.3 is 0 Å². The number of fused-ring (bicyclic) bond motifs is 1. The van der Waals surface area contributed by atoms with Crippen molar-refractivity contribution in [2.24, 2.45) is 0 Å². The Labute approximate surface area is 111 Å². The molecular weight excluding hydrogens is 254 g/mol. The largest absolute Gasteiger partial charge is 0.454 e. The first kappa shape index (κ1) is 12.1. The van der Waals surface area contributed by atoms with Crippen molar-refractivity contribution < 1.29 is 14.6 Å². The maximum Gasteiger partial charge on any atom is 0.231 e. The van der Waals surface area contributed by atoms with Crippen LogP contribution in [0, 0.1) is 0 Å². The Morgan fingerprint density at radius 2 is 2.22 bits per heavy atom. The van der Waals surface area contributed by atoms with Crippen LogP contribution in [0.4, 0.5) is 0 Å². The van der Waals surface area contributed by atoms with E-state index in [1.807, 2.05) is 6.07 Å². The van der Waals surface area contributed by atoms with E-state index in [4.69, 9.17) is 21.1 Å². The summed E-state index contributed by atoms with van der Waals surface area (Å²) in [6.07, 6.45) is 2.74. The molecule has 1 fully saturated rings. The van der Waals surface area contributed by atoms with E-state index in [-0.39, 0.29) is 12.8 Å². The van der Waals surface area contributed by atoms with Crippen LogP contribution >= 0.6 is 11.6 Å². The van der Waals surface area contributed by atoms with E-state index in [1.165, 1.54) is 6.42 Å². The lowest BCUT2D eigenvalue weighted by Gasteiger charge is -2.28. The molecule has 0 bridgehead atoms. The first-order valence-corrected chi connectivity index (χ1v) is 6.64. The molecule has 18 heavy (non-hydrogen) atoms. The van der Waals surface area contributed by atoms with Gasteiger partial charge in [0.1, 0.15) is 0 Å². The van der Waals surface area contributed by atoms with Crippen LogP contribution in [0.3, 0.4) is 0 Å². The summed E-state index contributed by atoms with van der Waals surface area (Å²) in [5.41, 5.74) is 0.781. The minimum absolute atomic E-state index is 0.0928. The third-order valence-electron chi connectivity index (χ3n) is 3.52. The number of nitrogens with one attached hydrogen (secondary N) is 1. The van der Waals surface area contributed by atoms with E-state index >= 15 is 0 Å². The highest BCUT2D eigenvalue weighted by Crippen LogP contribution is 2.41. The summed E-state index contributed by atoms with van der Waals surface area (Å²) in [6.45, 7) is 1.15. The Bertz CT molecular complexity index is 446. The predicted molar refractivity (Wildman–Crippen MR) is 68.2 cm³/mol. The van der Waals surface area contributed by atoms with E-state index in [0.717, 1.165) is 24.9 Å². The molecule has 2 atom stereocenters. The number of halogens is 1. The zero-order valence-electron chi connectivity index (χ0n) is 9.99. The van der Waals surface area contributed by atoms with Crippen LogP contribution in [-0.4, -0.2) is 24.5 Å². The van der Waals surface area contributed by atoms with Crippen LogP contribution in [0.15, 0.2) is 12.1 Å². The molecule has 0 aromatic heterocycles. The lowest BCUT2D eigenvalue weighted by Crippen LogP contribution is -2.38. The summed E-state index contributed by atoms with van der Waals surface area (Å²) < 4.78 is 10.6. The second-order valence-corrected chi connectivity index (χ2v) is 5.14. The van der Waals surface area contributed by atoms with Gasteiger partial charge in [0.15, 0.2) is 11.5 Å². The zero-order chi connectivity index (χ0) is 12.5. The molecule has 1 aromatic carbocycles. The van der Waals surface area contributed by atoms with Crippen LogP contribution in [0.25, 0.3) is 0 Å². The fourth-order valence-corrected chi connectivity index (χ4v) is 2.81. The first-order chi connectivity index (χ1) is 8.75. The third kappa shape index (κ3) is 2.16. The minimum Gasteiger partial charge on any atom is -0.454 e. The molecule has 2 aliphatic heterocycles. The van der Waals surface area contributed by atoms with Crippen molar-refractivity contribution in [3.63, 3.8) is 0 Å². The van der Waals surface area contributed by atoms with Gasteiger partial charge in [0, 0.05) is 6.04 Å². The van der Waals surface area contributed by atoms with Crippen molar-refractivity contribution in [1.29, 1.82) is 0 Å². The highest BCUT2D eigenvalue weighted by molar-refractivity contribution is 6.32. The van der Waals surface area contributed by atoms with Crippen molar-refractivity contribution in [3.05, 3.63) is 22.7 Å². The molecule has 0 amide bonds. The number of ether oxygens (including phenoxy) is 2. The van der Waals surface area contributed by atoms with E-state index in [2.05, 4.69) is 5.32 Å². The number of piperidine rings is 1. The Morgan fingerprint density at radius 1 is 1.33 bits per heavy atom. The molecule has 0 saturated carbocycles. The van der Waals surface area contributed by atoms with Gasteiger partial charge in [-0.25, -0.2) is 0 Å². The average molecular weight is 270 g/mol. The lowest BCUT2D eigenvalue weighted by atomic mass is 9.95. The van der Waals surface area contributed by atoms with E-state index < -0.39 is 6.10 Å². The Hall–Kier alpha value is -0.970. The van der Waals surface area contributed by atoms with E-state index in [1.54, 1.807) is 6.07 Å². The number of aliphatic hydroxyl groups is 1. The van der Waals surface area contributed by atoms with Crippen molar-refractivity contribution in [2.45, 2.75) is 31.4 Å². The molecule has 1 aromatic rings. The number of benzene rings is 1. The van der Waals surface area contributed by atoms with Gasteiger partial charge in [0.2, 0.25) is 6.79 Å². The molecule has 0 spiro atoms. The summed E-state index contributed by atoms with van der Waals surface area (Å²) in [4.78, 5) is 0. The van der Waals surface area contributed by atoms with Crippen LogP contribution in [0.5, 0.6) is 11.5 Å². The Kier molecular flexibility index (Phi) is 3.33. The summed E-state index contributed by atoms with van der Waals surface area (Å²) >= 11 is 6.12. The van der Waals surface area contributed by atoms with E-state index in [9.17, 15) is 5.11 Å². The van der Waals surface area contributed by atoms with Gasteiger partial charge in [-0.15, -0.1) is 0 Å². The van der Waals surface area contributed by atoms with Gasteiger partial charge in [0.25, 0.3) is 0 Å². The third-order valence-corrected chi connectivity index (χ3v) is 3.80. The number of rotatable bonds is 2. The topological polar surface area (TPSA) is 50.7 Å². The maximum atomic E-state index is 10.4. The molecule has 2 N–H and O–H groups in total. The highest BCUT2D eigenvalue weighted by atomic mass is 35.5. The number of hydrogen-bond acceptors (Lipinski definition) is 4. The molecule has 5 heteroatoms.